The quantitative estimate of drug-likeness (QED) is 0.776. The second kappa shape index (κ2) is 5.27. The first-order chi connectivity index (χ1) is 8.03. The molecular weight excluding hydrogens is 260 g/mol. The van der Waals surface area contributed by atoms with Gasteiger partial charge in [0.25, 0.3) is 0 Å². The smallest absolute Gasteiger partial charge is 0.232 e. The summed E-state index contributed by atoms with van der Waals surface area (Å²) in [5.41, 5.74) is 0.954. The van der Waals surface area contributed by atoms with Crippen molar-refractivity contribution in [1.82, 2.24) is 0 Å². The molecule has 0 bridgehead atoms. The molecule has 0 radical (unpaired) electrons. The summed E-state index contributed by atoms with van der Waals surface area (Å²) in [7, 11) is 1.75. The number of hydrogen-bond donors (Lipinski definition) is 0. The largest absolute Gasteiger partial charge is 0.490 e. The molecule has 1 fully saturated rings. The van der Waals surface area contributed by atoms with Crippen LogP contribution >= 0.6 is 10.7 Å². The first-order valence-corrected chi connectivity index (χ1v) is 8.19. The van der Waals surface area contributed by atoms with Crippen LogP contribution in [0.4, 0.5) is 0 Å². The monoisotopic (exact) mass is 274 g/mol. The standard InChI is InChI=1S/C12H15ClO3S/c13-17(14,15)9-8-10-4-6-12(7-5-10)16-11-2-1-3-11/h4-7,11H,1-3,8-9H2. The molecule has 2 rings (SSSR count). The summed E-state index contributed by atoms with van der Waals surface area (Å²) in [4.78, 5) is 0. The summed E-state index contributed by atoms with van der Waals surface area (Å²) in [6, 6.07) is 7.54. The van der Waals surface area contributed by atoms with Crippen LogP contribution in [0, 0.1) is 0 Å². The fourth-order valence-corrected chi connectivity index (χ4v) is 2.37. The Labute approximate surface area is 106 Å². The van der Waals surface area contributed by atoms with Gasteiger partial charge in [0.2, 0.25) is 9.05 Å². The van der Waals surface area contributed by atoms with Gasteiger partial charge in [-0.3, -0.25) is 0 Å². The fraction of sp³-hybridized carbons (Fsp3) is 0.500. The van der Waals surface area contributed by atoms with E-state index in [9.17, 15) is 8.42 Å². The van der Waals surface area contributed by atoms with Crippen molar-refractivity contribution >= 4 is 19.7 Å². The van der Waals surface area contributed by atoms with E-state index < -0.39 is 9.05 Å². The average molecular weight is 275 g/mol. The van der Waals surface area contributed by atoms with E-state index in [1.54, 1.807) is 0 Å². The molecule has 0 saturated heterocycles. The van der Waals surface area contributed by atoms with Gasteiger partial charge in [-0.25, -0.2) is 8.42 Å². The third-order valence-electron chi connectivity index (χ3n) is 2.91. The maximum atomic E-state index is 10.8. The van der Waals surface area contributed by atoms with E-state index in [0.717, 1.165) is 24.2 Å². The van der Waals surface area contributed by atoms with E-state index in [2.05, 4.69) is 0 Å². The molecule has 1 aliphatic carbocycles. The van der Waals surface area contributed by atoms with Gasteiger partial charge in [-0.15, -0.1) is 0 Å². The van der Waals surface area contributed by atoms with Crippen LogP contribution in [0.25, 0.3) is 0 Å². The second-order valence-corrected chi connectivity index (χ2v) is 7.20. The van der Waals surface area contributed by atoms with Gasteiger partial charge in [-0.2, -0.15) is 0 Å². The molecule has 1 aromatic carbocycles. The van der Waals surface area contributed by atoms with Gasteiger partial charge in [-0.1, -0.05) is 12.1 Å². The van der Waals surface area contributed by atoms with Crippen molar-refractivity contribution in [3.05, 3.63) is 29.8 Å². The molecule has 1 aromatic rings. The molecular formula is C12H15ClO3S. The Morgan fingerprint density at radius 1 is 1.24 bits per heavy atom. The van der Waals surface area contributed by atoms with Gasteiger partial charge in [0.1, 0.15) is 5.75 Å². The third-order valence-corrected chi connectivity index (χ3v) is 4.07. The summed E-state index contributed by atoms with van der Waals surface area (Å²) < 4.78 is 27.3. The van der Waals surface area contributed by atoms with E-state index in [0.29, 0.717) is 12.5 Å². The molecule has 0 spiro atoms. The molecule has 0 aromatic heterocycles. The van der Waals surface area contributed by atoms with Crippen molar-refractivity contribution in [2.45, 2.75) is 31.8 Å². The summed E-state index contributed by atoms with van der Waals surface area (Å²) >= 11 is 0. The summed E-state index contributed by atoms with van der Waals surface area (Å²) in [6.07, 6.45) is 4.31. The molecule has 1 aliphatic rings. The zero-order chi connectivity index (χ0) is 12.3. The van der Waals surface area contributed by atoms with Crippen LogP contribution in [0.15, 0.2) is 24.3 Å². The van der Waals surface area contributed by atoms with Crippen molar-refractivity contribution < 1.29 is 13.2 Å². The third kappa shape index (κ3) is 4.21. The van der Waals surface area contributed by atoms with Crippen LogP contribution in [0.5, 0.6) is 5.75 Å². The van der Waals surface area contributed by atoms with Crippen molar-refractivity contribution in [3.8, 4) is 5.75 Å². The number of aryl methyl sites for hydroxylation is 1. The lowest BCUT2D eigenvalue weighted by Gasteiger charge is -2.26. The Morgan fingerprint density at radius 3 is 2.35 bits per heavy atom. The van der Waals surface area contributed by atoms with E-state index in [-0.39, 0.29) is 5.75 Å². The SMILES string of the molecule is O=S(=O)(Cl)CCc1ccc(OC2CCC2)cc1. The van der Waals surface area contributed by atoms with Crippen LogP contribution in [0.1, 0.15) is 24.8 Å². The number of hydrogen-bond acceptors (Lipinski definition) is 3. The first-order valence-electron chi connectivity index (χ1n) is 5.71. The number of benzene rings is 1. The van der Waals surface area contributed by atoms with E-state index in [4.69, 9.17) is 15.4 Å². The Balaban J connectivity index is 1.88. The molecule has 3 nitrogen and oxygen atoms in total. The number of ether oxygens (including phenoxy) is 1. The normalized spacial score (nSPS) is 16.5. The Bertz CT molecular complexity index is 463. The summed E-state index contributed by atoms with van der Waals surface area (Å²) in [5, 5.41) is 0. The van der Waals surface area contributed by atoms with Crippen molar-refractivity contribution in [2.75, 3.05) is 5.75 Å². The topological polar surface area (TPSA) is 43.4 Å². The van der Waals surface area contributed by atoms with E-state index in [1.807, 2.05) is 24.3 Å². The van der Waals surface area contributed by atoms with Crippen molar-refractivity contribution in [2.24, 2.45) is 0 Å². The maximum absolute atomic E-state index is 10.8. The predicted molar refractivity (Wildman–Crippen MR) is 68.1 cm³/mol. The van der Waals surface area contributed by atoms with Crippen LogP contribution in [0.2, 0.25) is 0 Å². The van der Waals surface area contributed by atoms with Crippen LogP contribution in [0.3, 0.4) is 0 Å². The second-order valence-electron chi connectivity index (χ2n) is 4.31. The van der Waals surface area contributed by atoms with Gasteiger partial charge in [0.15, 0.2) is 0 Å². The highest BCUT2D eigenvalue weighted by atomic mass is 35.7. The minimum atomic E-state index is -3.41. The molecule has 17 heavy (non-hydrogen) atoms. The number of rotatable bonds is 5. The number of halogens is 1. The molecule has 0 unspecified atom stereocenters. The molecule has 0 heterocycles. The minimum Gasteiger partial charge on any atom is -0.490 e. The highest BCUT2D eigenvalue weighted by Gasteiger charge is 2.18. The molecule has 0 N–H and O–H groups in total. The van der Waals surface area contributed by atoms with E-state index in [1.165, 1.54) is 6.42 Å². The molecule has 0 amide bonds. The van der Waals surface area contributed by atoms with Crippen molar-refractivity contribution in [1.29, 1.82) is 0 Å². The van der Waals surface area contributed by atoms with Crippen LogP contribution in [-0.2, 0) is 15.5 Å². The highest BCUT2D eigenvalue weighted by Crippen LogP contribution is 2.25. The predicted octanol–water partition coefficient (Wildman–Crippen LogP) is 2.73. The summed E-state index contributed by atoms with van der Waals surface area (Å²) in [5.74, 6) is 0.823. The highest BCUT2D eigenvalue weighted by molar-refractivity contribution is 8.13. The molecule has 94 valence electrons. The van der Waals surface area contributed by atoms with Gasteiger partial charge in [-0.05, 0) is 43.4 Å². The Hall–Kier alpha value is -0.740. The lowest BCUT2D eigenvalue weighted by Crippen LogP contribution is -2.24. The lowest BCUT2D eigenvalue weighted by molar-refractivity contribution is 0.120. The molecule has 1 saturated carbocycles. The van der Waals surface area contributed by atoms with Gasteiger partial charge < -0.3 is 4.74 Å². The van der Waals surface area contributed by atoms with Crippen molar-refractivity contribution in [3.63, 3.8) is 0 Å². The Morgan fingerprint density at radius 2 is 1.88 bits per heavy atom. The van der Waals surface area contributed by atoms with Crippen LogP contribution < -0.4 is 4.74 Å². The summed E-state index contributed by atoms with van der Waals surface area (Å²) in [6.45, 7) is 0. The first kappa shape index (κ1) is 12.7. The Kier molecular flexibility index (Phi) is 3.94. The van der Waals surface area contributed by atoms with Crippen LogP contribution in [-0.4, -0.2) is 20.3 Å². The van der Waals surface area contributed by atoms with Gasteiger partial charge in [0.05, 0.1) is 11.9 Å². The molecule has 0 atom stereocenters. The lowest BCUT2D eigenvalue weighted by atomic mass is 9.96. The average Bonchev–Trinajstić information content (AvgIpc) is 2.21. The van der Waals surface area contributed by atoms with E-state index >= 15 is 0 Å². The van der Waals surface area contributed by atoms with Gasteiger partial charge in [0, 0.05) is 10.7 Å². The minimum absolute atomic E-state index is 0.0304. The maximum Gasteiger partial charge on any atom is 0.232 e. The zero-order valence-corrected chi connectivity index (χ0v) is 11.0. The zero-order valence-electron chi connectivity index (χ0n) is 9.43. The van der Waals surface area contributed by atoms with Gasteiger partial charge >= 0.3 is 0 Å². The molecule has 5 heteroatoms. The fourth-order valence-electron chi connectivity index (χ4n) is 1.66. The molecule has 0 aliphatic heterocycles.